The van der Waals surface area contributed by atoms with Crippen LogP contribution in [0.15, 0.2) is 48.8 Å². The number of ketones is 1. The molecule has 2 amide bonds. The summed E-state index contributed by atoms with van der Waals surface area (Å²) < 4.78 is 41.7. The molecule has 0 radical (unpaired) electrons. The topological polar surface area (TPSA) is 94.6 Å². The van der Waals surface area contributed by atoms with E-state index in [1.54, 1.807) is 24.3 Å². The smallest absolute Gasteiger partial charge is 0.372 e. The van der Waals surface area contributed by atoms with Gasteiger partial charge in [0.2, 0.25) is 5.72 Å². The van der Waals surface area contributed by atoms with E-state index in [0.29, 0.717) is 0 Å². The molecule has 0 unspecified atom stereocenters. The number of amides is 2. The predicted molar refractivity (Wildman–Crippen MR) is 107 cm³/mol. The number of aliphatic hydroxyl groups is 1. The van der Waals surface area contributed by atoms with Gasteiger partial charge in [0.1, 0.15) is 5.92 Å². The third-order valence-corrected chi connectivity index (χ3v) is 5.42. The first-order chi connectivity index (χ1) is 14.6. The largest absolute Gasteiger partial charge is 0.437 e. The van der Waals surface area contributed by atoms with Crippen LogP contribution in [0.2, 0.25) is 0 Å². The quantitative estimate of drug-likeness (QED) is 0.606. The lowest BCUT2D eigenvalue weighted by Crippen LogP contribution is -2.72. The first-order valence-electron chi connectivity index (χ1n) is 9.79. The van der Waals surface area contributed by atoms with Gasteiger partial charge in [0.25, 0.3) is 0 Å². The molecule has 3 N–H and O–H groups in total. The molecule has 2 aromatic rings. The van der Waals surface area contributed by atoms with E-state index >= 15 is 0 Å². The second-order valence-electron chi connectivity index (χ2n) is 7.19. The van der Waals surface area contributed by atoms with Gasteiger partial charge in [-0.15, -0.1) is 0 Å². The van der Waals surface area contributed by atoms with Gasteiger partial charge in [-0.3, -0.25) is 9.78 Å². The van der Waals surface area contributed by atoms with Crippen molar-refractivity contribution in [3.05, 3.63) is 59.9 Å². The summed E-state index contributed by atoms with van der Waals surface area (Å²) in [5.74, 6) is -3.08. The summed E-state index contributed by atoms with van der Waals surface area (Å²) in [6.45, 7) is 5.40. The van der Waals surface area contributed by atoms with Gasteiger partial charge in [-0.05, 0) is 43.7 Å². The van der Waals surface area contributed by atoms with Crippen LogP contribution >= 0.6 is 0 Å². The minimum Gasteiger partial charge on any atom is -0.372 e. The molecule has 0 bridgehead atoms. The Bertz CT molecular complexity index is 933. The molecule has 1 saturated heterocycles. The van der Waals surface area contributed by atoms with Crippen molar-refractivity contribution < 1.29 is 27.9 Å². The van der Waals surface area contributed by atoms with Gasteiger partial charge >= 0.3 is 12.2 Å². The summed E-state index contributed by atoms with van der Waals surface area (Å²) in [6, 6.07) is 6.57. The van der Waals surface area contributed by atoms with Crippen LogP contribution in [0.25, 0.3) is 0 Å². The Morgan fingerprint density at radius 2 is 1.84 bits per heavy atom. The highest BCUT2D eigenvalue weighted by Crippen LogP contribution is 2.44. The van der Waals surface area contributed by atoms with Crippen LogP contribution in [0.3, 0.4) is 0 Å². The molecule has 1 aliphatic heterocycles. The molecule has 10 heteroatoms. The van der Waals surface area contributed by atoms with Crippen molar-refractivity contribution in [2.24, 2.45) is 5.92 Å². The number of pyridine rings is 1. The number of anilines is 1. The van der Waals surface area contributed by atoms with Crippen molar-refractivity contribution in [3.63, 3.8) is 0 Å². The number of nitrogens with one attached hydrogen (secondary N) is 2. The van der Waals surface area contributed by atoms with E-state index in [0.717, 1.165) is 25.0 Å². The number of aromatic nitrogens is 1. The molecule has 3 rings (SSSR count). The third-order valence-electron chi connectivity index (χ3n) is 5.42. The van der Waals surface area contributed by atoms with Crippen LogP contribution in [-0.4, -0.2) is 46.9 Å². The molecule has 1 aromatic heterocycles. The predicted octanol–water partition coefficient (Wildman–Crippen LogP) is 3.03. The van der Waals surface area contributed by atoms with E-state index in [2.05, 4.69) is 10.3 Å². The fourth-order valence-corrected chi connectivity index (χ4v) is 3.79. The number of hydrogen-bond donors (Lipinski definition) is 3. The Labute approximate surface area is 177 Å². The van der Waals surface area contributed by atoms with Crippen molar-refractivity contribution in [2.75, 3.05) is 18.0 Å². The number of benzene rings is 1. The standard InChI is InChI=1S/C21H23F3N4O3/c1-3-28(4-2)15-9-7-13(8-10-15)17-16(18(29)14-6-5-11-25-12-14)20(31,21(22,23)24)27-19(30)26-17/h5-12,16-17,31H,3-4H2,1-2H3,(H2,26,27,30)/t16-,17+,20-/m0/s1. The minimum absolute atomic E-state index is 0.113. The summed E-state index contributed by atoms with van der Waals surface area (Å²) in [5, 5.41) is 14.5. The van der Waals surface area contributed by atoms with E-state index in [4.69, 9.17) is 0 Å². The molecule has 166 valence electrons. The Morgan fingerprint density at radius 3 is 2.35 bits per heavy atom. The van der Waals surface area contributed by atoms with Gasteiger partial charge in [-0.2, -0.15) is 13.2 Å². The van der Waals surface area contributed by atoms with E-state index in [9.17, 15) is 27.9 Å². The number of carbonyl (C=O) groups is 2. The molecule has 0 aliphatic carbocycles. The molecule has 1 aliphatic rings. The fraction of sp³-hybridized carbons (Fsp3) is 0.381. The summed E-state index contributed by atoms with van der Waals surface area (Å²) in [4.78, 5) is 31.0. The SMILES string of the molecule is CCN(CC)c1ccc([C@H]2NC(=O)N[C@@](O)(C(F)(F)F)[C@@H]2C(=O)c2cccnc2)cc1. The zero-order chi connectivity index (χ0) is 22.8. The second kappa shape index (κ2) is 8.54. The second-order valence-corrected chi connectivity index (χ2v) is 7.19. The van der Waals surface area contributed by atoms with Crippen LogP contribution in [0, 0.1) is 5.92 Å². The lowest BCUT2D eigenvalue weighted by Gasteiger charge is -2.45. The first-order valence-corrected chi connectivity index (χ1v) is 9.79. The Kier molecular flexibility index (Phi) is 6.21. The maximum Gasteiger partial charge on any atom is 0.437 e. The molecular formula is C21H23F3N4O3. The van der Waals surface area contributed by atoms with Gasteiger partial charge in [-0.25, -0.2) is 4.79 Å². The van der Waals surface area contributed by atoms with Crippen LogP contribution in [-0.2, 0) is 0 Å². The number of nitrogens with zero attached hydrogens (tertiary/aromatic N) is 2. The molecule has 0 saturated carbocycles. The monoisotopic (exact) mass is 436 g/mol. The van der Waals surface area contributed by atoms with E-state index in [1.807, 2.05) is 18.7 Å². The summed E-state index contributed by atoms with van der Waals surface area (Å²) in [5.41, 5.74) is -2.77. The van der Waals surface area contributed by atoms with Crippen LogP contribution in [0.4, 0.5) is 23.7 Å². The molecule has 1 fully saturated rings. The lowest BCUT2D eigenvalue weighted by molar-refractivity contribution is -0.287. The number of rotatable bonds is 6. The molecule has 3 atom stereocenters. The summed E-state index contributed by atoms with van der Waals surface area (Å²) in [7, 11) is 0. The van der Waals surface area contributed by atoms with Gasteiger partial charge in [-0.1, -0.05) is 12.1 Å². The number of carbonyl (C=O) groups excluding carboxylic acids is 2. The zero-order valence-corrected chi connectivity index (χ0v) is 17.0. The van der Waals surface area contributed by atoms with Gasteiger partial charge in [0.15, 0.2) is 5.78 Å². The van der Waals surface area contributed by atoms with Crippen LogP contribution < -0.4 is 15.5 Å². The molecule has 7 nitrogen and oxygen atoms in total. The highest BCUT2D eigenvalue weighted by Gasteiger charge is 2.66. The van der Waals surface area contributed by atoms with E-state index < -0.39 is 35.7 Å². The highest BCUT2D eigenvalue weighted by molar-refractivity contribution is 6.00. The van der Waals surface area contributed by atoms with Crippen LogP contribution in [0.5, 0.6) is 0 Å². The zero-order valence-electron chi connectivity index (χ0n) is 17.0. The van der Waals surface area contributed by atoms with E-state index in [1.165, 1.54) is 23.6 Å². The maximum absolute atomic E-state index is 13.9. The van der Waals surface area contributed by atoms with E-state index in [-0.39, 0.29) is 11.1 Å². The number of alkyl halides is 3. The van der Waals surface area contributed by atoms with Gasteiger partial charge in [0.05, 0.1) is 6.04 Å². The lowest BCUT2D eigenvalue weighted by atomic mass is 9.77. The third kappa shape index (κ3) is 4.20. The Hall–Kier alpha value is -3.14. The molecule has 31 heavy (non-hydrogen) atoms. The Morgan fingerprint density at radius 1 is 1.19 bits per heavy atom. The normalized spacial score (nSPS) is 23.6. The van der Waals surface area contributed by atoms with Gasteiger partial charge < -0.3 is 20.6 Å². The van der Waals surface area contributed by atoms with Crippen molar-refractivity contribution in [1.82, 2.24) is 15.6 Å². The number of urea groups is 1. The number of Topliss-reactive ketones (excluding diaryl/α,β-unsaturated/α-hetero) is 1. The first kappa shape index (κ1) is 22.5. The van der Waals surface area contributed by atoms with Crippen molar-refractivity contribution in [2.45, 2.75) is 31.8 Å². The number of hydrogen-bond acceptors (Lipinski definition) is 5. The van der Waals surface area contributed by atoms with Crippen molar-refractivity contribution in [3.8, 4) is 0 Å². The molecular weight excluding hydrogens is 413 g/mol. The highest BCUT2D eigenvalue weighted by atomic mass is 19.4. The summed E-state index contributed by atoms with van der Waals surface area (Å²) >= 11 is 0. The molecule has 0 spiro atoms. The fourth-order valence-electron chi connectivity index (χ4n) is 3.79. The molecule has 2 heterocycles. The van der Waals surface area contributed by atoms with Crippen molar-refractivity contribution in [1.29, 1.82) is 0 Å². The Balaban J connectivity index is 2.09. The minimum atomic E-state index is -5.30. The number of halogens is 3. The van der Waals surface area contributed by atoms with Gasteiger partial charge in [0, 0.05) is 36.7 Å². The summed E-state index contributed by atoms with van der Waals surface area (Å²) in [6.07, 6.45) is -2.81. The average molecular weight is 436 g/mol. The van der Waals surface area contributed by atoms with Crippen molar-refractivity contribution >= 4 is 17.5 Å². The molecule has 1 aromatic carbocycles. The maximum atomic E-state index is 13.9. The average Bonchev–Trinajstić information content (AvgIpc) is 2.74. The van der Waals surface area contributed by atoms with Crippen LogP contribution in [0.1, 0.15) is 35.8 Å².